The largest absolute Gasteiger partial charge is 0.480 e. The summed E-state index contributed by atoms with van der Waals surface area (Å²) in [6.45, 7) is 0. The Morgan fingerprint density at radius 2 is 2.31 bits per heavy atom. The van der Waals surface area contributed by atoms with Gasteiger partial charge in [0, 0.05) is 12.3 Å². The van der Waals surface area contributed by atoms with Gasteiger partial charge in [-0.25, -0.2) is 0 Å². The van der Waals surface area contributed by atoms with Gasteiger partial charge in [-0.3, -0.25) is 9.59 Å². The smallest absolute Gasteiger partial charge is 0.320 e. The number of carboxylic acids is 1. The molecule has 0 aromatic carbocycles. The van der Waals surface area contributed by atoms with E-state index in [1.54, 1.807) is 6.07 Å². The third-order valence-corrected chi connectivity index (χ3v) is 1.62. The third-order valence-electron chi connectivity index (χ3n) is 1.62. The summed E-state index contributed by atoms with van der Waals surface area (Å²) in [5, 5.41) is 8.50. The van der Waals surface area contributed by atoms with Crippen molar-refractivity contribution in [2.75, 3.05) is 0 Å². The topological polar surface area (TPSA) is 96.2 Å². The maximum atomic E-state index is 10.6. The molecular formula is C8H10N2O3. The molecule has 13 heavy (non-hydrogen) atoms. The maximum absolute atomic E-state index is 10.6. The standard InChI is InChI=1S/C8H10N2O3/c9-6(8(12)13)3-5-1-2-7(11)10-4-5/h1-2,4,6H,3,9H2,(H,10,11)(H,12,13)/t6-/m1/s1. The normalized spacial score (nSPS) is 12.4. The molecule has 0 unspecified atom stereocenters. The van der Waals surface area contributed by atoms with Crippen molar-refractivity contribution in [1.29, 1.82) is 0 Å². The van der Waals surface area contributed by atoms with Crippen molar-refractivity contribution >= 4 is 5.97 Å². The molecule has 0 fully saturated rings. The van der Waals surface area contributed by atoms with Gasteiger partial charge in [0.1, 0.15) is 6.04 Å². The van der Waals surface area contributed by atoms with Crippen molar-refractivity contribution in [2.45, 2.75) is 12.5 Å². The Morgan fingerprint density at radius 3 is 2.77 bits per heavy atom. The molecule has 0 radical (unpaired) electrons. The van der Waals surface area contributed by atoms with Crippen LogP contribution in [-0.4, -0.2) is 22.1 Å². The number of aliphatic carboxylic acids is 1. The molecule has 1 atom stereocenters. The molecule has 5 heteroatoms. The highest BCUT2D eigenvalue weighted by Crippen LogP contribution is 1.97. The van der Waals surface area contributed by atoms with E-state index in [0.29, 0.717) is 5.56 Å². The van der Waals surface area contributed by atoms with Gasteiger partial charge in [0.05, 0.1) is 0 Å². The van der Waals surface area contributed by atoms with Crippen LogP contribution in [0.4, 0.5) is 0 Å². The third kappa shape index (κ3) is 2.72. The second-order valence-electron chi connectivity index (χ2n) is 2.71. The zero-order valence-corrected chi connectivity index (χ0v) is 6.86. The summed E-state index contributed by atoms with van der Waals surface area (Å²) >= 11 is 0. The molecule has 1 rings (SSSR count). The summed E-state index contributed by atoms with van der Waals surface area (Å²) in [7, 11) is 0. The van der Waals surface area contributed by atoms with E-state index in [4.69, 9.17) is 10.8 Å². The quantitative estimate of drug-likeness (QED) is 0.577. The SMILES string of the molecule is N[C@H](Cc1ccc(=O)[nH]c1)C(=O)O. The monoisotopic (exact) mass is 182 g/mol. The van der Waals surface area contributed by atoms with Crippen LogP contribution in [0.25, 0.3) is 0 Å². The maximum Gasteiger partial charge on any atom is 0.320 e. The molecule has 5 nitrogen and oxygen atoms in total. The minimum Gasteiger partial charge on any atom is -0.480 e. The van der Waals surface area contributed by atoms with E-state index < -0.39 is 12.0 Å². The van der Waals surface area contributed by atoms with Crippen molar-refractivity contribution in [1.82, 2.24) is 4.98 Å². The zero-order chi connectivity index (χ0) is 9.84. The number of pyridine rings is 1. The van der Waals surface area contributed by atoms with Crippen molar-refractivity contribution in [2.24, 2.45) is 5.73 Å². The Morgan fingerprint density at radius 1 is 1.62 bits per heavy atom. The van der Waals surface area contributed by atoms with Crippen LogP contribution < -0.4 is 11.3 Å². The van der Waals surface area contributed by atoms with Crippen molar-refractivity contribution in [3.63, 3.8) is 0 Å². The van der Waals surface area contributed by atoms with Crippen molar-refractivity contribution in [3.05, 3.63) is 34.2 Å². The molecule has 1 aromatic heterocycles. The first kappa shape index (κ1) is 9.47. The van der Waals surface area contributed by atoms with E-state index in [9.17, 15) is 9.59 Å². The first-order valence-electron chi connectivity index (χ1n) is 3.75. The molecule has 0 aliphatic heterocycles. The second kappa shape index (κ2) is 3.86. The fraction of sp³-hybridized carbons (Fsp3) is 0.250. The van der Waals surface area contributed by atoms with Crippen LogP contribution >= 0.6 is 0 Å². The lowest BCUT2D eigenvalue weighted by atomic mass is 10.1. The van der Waals surface area contributed by atoms with E-state index >= 15 is 0 Å². The van der Waals surface area contributed by atoms with Crippen LogP contribution in [0.5, 0.6) is 0 Å². The predicted molar refractivity (Wildman–Crippen MR) is 46.4 cm³/mol. The van der Waals surface area contributed by atoms with Crippen molar-refractivity contribution < 1.29 is 9.90 Å². The fourth-order valence-electron chi connectivity index (χ4n) is 0.911. The van der Waals surface area contributed by atoms with Crippen LogP contribution in [-0.2, 0) is 11.2 Å². The molecule has 1 heterocycles. The molecule has 1 aromatic rings. The number of rotatable bonds is 3. The lowest BCUT2D eigenvalue weighted by Gasteiger charge is -2.04. The summed E-state index contributed by atoms with van der Waals surface area (Å²) in [6.07, 6.45) is 1.68. The molecule has 4 N–H and O–H groups in total. The molecular weight excluding hydrogens is 172 g/mol. The van der Waals surface area contributed by atoms with Crippen LogP contribution in [0, 0.1) is 0 Å². The summed E-state index contributed by atoms with van der Waals surface area (Å²) < 4.78 is 0. The Hall–Kier alpha value is -1.62. The lowest BCUT2D eigenvalue weighted by molar-refractivity contribution is -0.138. The average Bonchev–Trinajstić information content (AvgIpc) is 2.08. The van der Waals surface area contributed by atoms with Gasteiger partial charge in [-0.05, 0) is 12.0 Å². The van der Waals surface area contributed by atoms with Crippen LogP contribution in [0.1, 0.15) is 5.56 Å². The van der Waals surface area contributed by atoms with Gasteiger partial charge < -0.3 is 15.8 Å². The van der Waals surface area contributed by atoms with Crippen LogP contribution in [0.2, 0.25) is 0 Å². The Kier molecular flexibility index (Phi) is 2.81. The predicted octanol–water partition coefficient (Wildman–Crippen LogP) is -0.671. The second-order valence-corrected chi connectivity index (χ2v) is 2.71. The highest BCUT2D eigenvalue weighted by Gasteiger charge is 2.11. The van der Waals surface area contributed by atoms with Crippen molar-refractivity contribution in [3.8, 4) is 0 Å². The summed E-state index contributed by atoms with van der Waals surface area (Å²) in [5.41, 5.74) is 5.78. The number of nitrogens with one attached hydrogen (secondary N) is 1. The van der Waals surface area contributed by atoms with E-state index in [0.717, 1.165) is 0 Å². The fourth-order valence-corrected chi connectivity index (χ4v) is 0.911. The number of carbonyl (C=O) groups is 1. The van der Waals surface area contributed by atoms with Gasteiger partial charge in [-0.1, -0.05) is 6.07 Å². The molecule has 0 bridgehead atoms. The molecule has 0 aliphatic carbocycles. The zero-order valence-electron chi connectivity index (χ0n) is 6.86. The number of aromatic nitrogens is 1. The molecule has 0 amide bonds. The number of hydrogen-bond acceptors (Lipinski definition) is 3. The Labute approximate surface area is 74.2 Å². The number of nitrogens with two attached hydrogens (primary N) is 1. The van der Waals surface area contributed by atoms with Gasteiger partial charge in [-0.15, -0.1) is 0 Å². The highest BCUT2D eigenvalue weighted by molar-refractivity contribution is 5.73. The minimum absolute atomic E-state index is 0.214. The van der Waals surface area contributed by atoms with E-state index in [2.05, 4.69) is 4.98 Å². The summed E-state index contributed by atoms with van der Waals surface area (Å²) in [5.74, 6) is -1.05. The minimum atomic E-state index is -1.05. The Bertz CT molecular complexity index is 338. The van der Waals surface area contributed by atoms with E-state index in [-0.39, 0.29) is 12.0 Å². The molecule has 0 saturated heterocycles. The van der Waals surface area contributed by atoms with E-state index in [1.165, 1.54) is 12.3 Å². The summed E-state index contributed by atoms with van der Waals surface area (Å²) in [6, 6.07) is 1.97. The van der Waals surface area contributed by atoms with Gasteiger partial charge in [-0.2, -0.15) is 0 Å². The number of carboxylic acid groups (broad SMARTS) is 1. The van der Waals surface area contributed by atoms with Gasteiger partial charge in [0.2, 0.25) is 5.56 Å². The lowest BCUT2D eigenvalue weighted by Crippen LogP contribution is -2.32. The molecule has 70 valence electrons. The molecule has 0 spiro atoms. The molecule has 0 saturated carbocycles. The number of hydrogen-bond donors (Lipinski definition) is 3. The Balaban J connectivity index is 2.70. The number of aromatic amines is 1. The summed E-state index contributed by atoms with van der Waals surface area (Å²) in [4.78, 5) is 23.5. The number of H-pyrrole nitrogens is 1. The van der Waals surface area contributed by atoms with Gasteiger partial charge >= 0.3 is 5.97 Å². The highest BCUT2D eigenvalue weighted by atomic mass is 16.4. The van der Waals surface area contributed by atoms with Crippen LogP contribution in [0.15, 0.2) is 23.1 Å². The van der Waals surface area contributed by atoms with Gasteiger partial charge in [0.25, 0.3) is 0 Å². The van der Waals surface area contributed by atoms with E-state index in [1.807, 2.05) is 0 Å². The average molecular weight is 182 g/mol. The van der Waals surface area contributed by atoms with Gasteiger partial charge in [0.15, 0.2) is 0 Å². The van der Waals surface area contributed by atoms with Crippen LogP contribution in [0.3, 0.4) is 0 Å². The first-order chi connectivity index (χ1) is 6.09. The first-order valence-corrected chi connectivity index (χ1v) is 3.75. The molecule has 0 aliphatic rings.